The van der Waals surface area contributed by atoms with Gasteiger partial charge in [0.1, 0.15) is 5.75 Å². The van der Waals surface area contributed by atoms with Gasteiger partial charge in [-0.05, 0) is 78.6 Å². The summed E-state index contributed by atoms with van der Waals surface area (Å²) in [6, 6.07) is 14.9. The Morgan fingerprint density at radius 1 is 1.09 bits per heavy atom. The first kappa shape index (κ1) is 25.0. The monoisotopic (exact) mass is 492 g/mol. The molecule has 184 valence electrons. The predicted molar refractivity (Wildman–Crippen MR) is 141 cm³/mol. The number of nitrogens with zero attached hydrogens (tertiary/aromatic N) is 2. The van der Waals surface area contributed by atoms with Crippen molar-refractivity contribution in [1.82, 2.24) is 4.90 Å². The highest BCUT2D eigenvalue weighted by Crippen LogP contribution is 2.38. The summed E-state index contributed by atoms with van der Waals surface area (Å²) in [5.74, 6) is 0.911. The van der Waals surface area contributed by atoms with Crippen LogP contribution in [-0.4, -0.2) is 41.7 Å². The Bertz CT molecular complexity index is 1100. The van der Waals surface area contributed by atoms with Crippen LogP contribution in [0.15, 0.2) is 58.4 Å². The molecule has 1 heterocycles. The second-order valence-electron chi connectivity index (χ2n) is 9.28. The molecule has 2 fully saturated rings. The van der Waals surface area contributed by atoms with Gasteiger partial charge in [-0.15, -0.1) is 0 Å². The fraction of sp³-hybridized carbons (Fsp3) is 0.393. The van der Waals surface area contributed by atoms with Gasteiger partial charge in [0.25, 0.3) is 5.91 Å². The Morgan fingerprint density at radius 3 is 2.40 bits per heavy atom. The molecule has 35 heavy (non-hydrogen) atoms. The molecule has 0 radical (unpaired) electrons. The van der Waals surface area contributed by atoms with Gasteiger partial charge in [0.05, 0.1) is 29.9 Å². The van der Waals surface area contributed by atoms with Crippen LogP contribution in [0.3, 0.4) is 0 Å². The summed E-state index contributed by atoms with van der Waals surface area (Å²) in [5.41, 5.74) is 2.11. The van der Waals surface area contributed by atoms with Crippen LogP contribution in [0.2, 0.25) is 0 Å². The maximum atomic E-state index is 13.5. The van der Waals surface area contributed by atoms with Crippen LogP contribution in [0.4, 0.5) is 5.69 Å². The average Bonchev–Trinajstić information content (AvgIpc) is 3.18. The SMILES string of the molecule is COC(=O)c1ccc(N=C2SC(=Cc3ccc(OCC(C)C)cc3)C(=O)N2C2CCCCC2)cc1. The Hall–Kier alpha value is -3.06. The molecule has 0 N–H and O–H groups in total. The number of esters is 1. The highest BCUT2D eigenvalue weighted by Gasteiger charge is 2.38. The van der Waals surface area contributed by atoms with Crippen LogP contribution in [-0.2, 0) is 9.53 Å². The van der Waals surface area contributed by atoms with Crippen LogP contribution >= 0.6 is 11.8 Å². The molecule has 2 aromatic carbocycles. The highest BCUT2D eigenvalue weighted by molar-refractivity contribution is 8.18. The van der Waals surface area contributed by atoms with Crippen molar-refractivity contribution in [3.05, 3.63) is 64.6 Å². The number of carbonyl (C=O) groups is 2. The third kappa shape index (κ3) is 6.34. The summed E-state index contributed by atoms with van der Waals surface area (Å²) in [6.07, 6.45) is 7.36. The van der Waals surface area contributed by atoms with Gasteiger partial charge in [-0.3, -0.25) is 9.69 Å². The van der Waals surface area contributed by atoms with Crippen molar-refractivity contribution >= 4 is 40.6 Å². The molecular weight excluding hydrogens is 460 g/mol. The van der Waals surface area contributed by atoms with Gasteiger partial charge in [0.15, 0.2) is 5.17 Å². The minimum atomic E-state index is -0.385. The number of hydrogen-bond donors (Lipinski definition) is 0. The second kappa shape index (κ2) is 11.6. The Balaban J connectivity index is 1.59. The first-order valence-electron chi connectivity index (χ1n) is 12.2. The predicted octanol–water partition coefficient (Wildman–Crippen LogP) is 6.44. The largest absolute Gasteiger partial charge is 0.493 e. The van der Waals surface area contributed by atoms with E-state index in [1.165, 1.54) is 25.3 Å². The van der Waals surface area contributed by atoms with Crippen molar-refractivity contribution in [3.63, 3.8) is 0 Å². The fourth-order valence-electron chi connectivity index (χ4n) is 4.20. The molecule has 0 unspecified atom stereocenters. The van der Waals surface area contributed by atoms with Gasteiger partial charge in [-0.1, -0.05) is 45.2 Å². The van der Waals surface area contributed by atoms with Crippen molar-refractivity contribution in [2.75, 3.05) is 13.7 Å². The lowest BCUT2D eigenvalue weighted by Gasteiger charge is -2.30. The molecule has 0 bridgehead atoms. The summed E-state index contributed by atoms with van der Waals surface area (Å²) in [4.78, 5) is 32.6. The molecule has 0 aromatic heterocycles. The van der Waals surface area contributed by atoms with E-state index < -0.39 is 0 Å². The molecule has 7 heteroatoms. The van der Waals surface area contributed by atoms with Crippen LogP contribution in [0.1, 0.15) is 61.9 Å². The van der Waals surface area contributed by atoms with E-state index in [9.17, 15) is 9.59 Å². The number of rotatable bonds is 7. The summed E-state index contributed by atoms with van der Waals surface area (Å²) < 4.78 is 10.5. The Kier molecular flexibility index (Phi) is 8.29. The minimum Gasteiger partial charge on any atom is -0.493 e. The molecule has 1 amide bonds. The molecule has 1 saturated carbocycles. The third-order valence-electron chi connectivity index (χ3n) is 6.05. The Labute approximate surface area is 211 Å². The van der Waals surface area contributed by atoms with E-state index in [1.807, 2.05) is 35.2 Å². The standard InChI is InChI=1S/C28H32N2O4S/c1-19(2)18-34-24-15-9-20(10-16-24)17-25-26(31)30(23-7-5-4-6-8-23)28(35-25)29-22-13-11-21(12-14-22)27(32)33-3/h9-17,19,23H,4-8,18H2,1-3H3. The lowest BCUT2D eigenvalue weighted by atomic mass is 9.94. The number of thioether (sulfide) groups is 1. The van der Waals surface area contributed by atoms with Crippen molar-refractivity contribution in [2.45, 2.75) is 52.0 Å². The molecule has 2 aromatic rings. The maximum absolute atomic E-state index is 13.5. The zero-order valence-corrected chi connectivity index (χ0v) is 21.3. The van der Waals surface area contributed by atoms with E-state index in [-0.39, 0.29) is 17.9 Å². The first-order valence-corrected chi connectivity index (χ1v) is 13.0. The van der Waals surface area contributed by atoms with Crippen LogP contribution < -0.4 is 4.74 Å². The molecule has 2 aliphatic rings. The van der Waals surface area contributed by atoms with Gasteiger partial charge in [0.2, 0.25) is 0 Å². The topological polar surface area (TPSA) is 68.2 Å². The Morgan fingerprint density at radius 2 is 1.77 bits per heavy atom. The zero-order chi connectivity index (χ0) is 24.8. The lowest BCUT2D eigenvalue weighted by molar-refractivity contribution is -0.124. The number of hydrogen-bond acceptors (Lipinski definition) is 6. The van der Waals surface area contributed by atoms with E-state index in [1.54, 1.807) is 24.3 Å². The van der Waals surface area contributed by atoms with E-state index in [0.717, 1.165) is 37.0 Å². The molecule has 0 spiro atoms. The number of amidine groups is 1. The molecule has 1 aliphatic heterocycles. The van der Waals surface area contributed by atoms with Crippen molar-refractivity contribution < 1.29 is 19.1 Å². The number of methoxy groups -OCH3 is 1. The fourth-order valence-corrected chi connectivity index (χ4v) is 5.26. The van der Waals surface area contributed by atoms with Crippen molar-refractivity contribution in [3.8, 4) is 5.75 Å². The highest BCUT2D eigenvalue weighted by atomic mass is 32.2. The lowest BCUT2D eigenvalue weighted by Crippen LogP contribution is -2.40. The summed E-state index contributed by atoms with van der Waals surface area (Å²) in [7, 11) is 1.36. The molecule has 6 nitrogen and oxygen atoms in total. The van der Waals surface area contributed by atoms with Crippen molar-refractivity contribution in [2.24, 2.45) is 10.9 Å². The number of benzene rings is 2. The van der Waals surface area contributed by atoms with Gasteiger partial charge >= 0.3 is 5.97 Å². The number of amides is 1. The first-order chi connectivity index (χ1) is 16.9. The molecular formula is C28H32N2O4S. The van der Waals surface area contributed by atoms with Gasteiger partial charge < -0.3 is 9.47 Å². The van der Waals surface area contributed by atoms with Crippen LogP contribution in [0, 0.1) is 5.92 Å². The smallest absolute Gasteiger partial charge is 0.337 e. The molecule has 4 rings (SSSR count). The van der Waals surface area contributed by atoms with E-state index >= 15 is 0 Å². The minimum absolute atomic E-state index is 0.00645. The van der Waals surface area contributed by atoms with E-state index in [0.29, 0.717) is 33.8 Å². The number of ether oxygens (including phenoxy) is 2. The summed E-state index contributed by atoms with van der Waals surface area (Å²) in [5, 5.41) is 0.691. The summed E-state index contributed by atoms with van der Waals surface area (Å²) in [6.45, 7) is 4.91. The van der Waals surface area contributed by atoms with Crippen molar-refractivity contribution in [1.29, 1.82) is 0 Å². The molecule has 1 saturated heterocycles. The average molecular weight is 493 g/mol. The normalized spacial score (nSPS) is 19.1. The van der Waals surface area contributed by atoms with Crippen LogP contribution in [0.5, 0.6) is 5.75 Å². The zero-order valence-electron chi connectivity index (χ0n) is 20.5. The van der Waals surface area contributed by atoms with Gasteiger partial charge in [-0.2, -0.15) is 0 Å². The summed E-state index contributed by atoms with van der Waals surface area (Å²) >= 11 is 1.41. The number of aliphatic imine (C=N–C) groups is 1. The quantitative estimate of drug-likeness (QED) is 0.328. The number of carbonyl (C=O) groups excluding carboxylic acids is 2. The maximum Gasteiger partial charge on any atom is 0.337 e. The third-order valence-corrected chi connectivity index (χ3v) is 7.03. The molecule has 0 atom stereocenters. The van der Waals surface area contributed by atoms with E-state index in [4.69, 9.17) is 14.5 Å². The second-order valence-corrected chi connectivity index (χ2v) is 10.3. The van der Waals surface area contributed by atoms with Gasteiger partial charge in [-0.25, -0.2) is 9.79 Å². The molecule has 1 aliphatic carbocycles. The van der Waals surface area contributed by atoms with Crippen LogP contribution in [0.25, 0.3) is 6.08 Å². The van der Waals surface area contributed by atoms with Gasteiger partial charge in [0, 0.05) is 6.04 Å². The van der Waals surface area contributed by atoms with E-state index in [2.05, 4.69) is 13.8 Å².